The summed E-state index contributed by atoms with van der Waals surface area (Å²) in [6.45, 7) is 0. The van der Waals surface area contributed by atoms with Crippen LogP contribution in [0.1, 0.15) is 18.0 Å². The number of carboxylic acid groups (broad SMARTS) is 1. The zero-order chi connectivity index (χ0) is 10.8. The number of aromatic amines is 1. The van der Waals surface area contributed by atoms with Gasteiger partial charge < -0.3 is 10.1 Å². The second-order valence-corrected chi connectivity index (χ2v) is 2.70. The number of aromatic nitrogens is 2. The van der Waals surface area contributed by atoms with E-state index in [9.17, 15) is 18.0 Å². The molecule has 0 radical (unpaired) electrons. The molecule has 0 aliphatic heterocycles. The van der Waals surface area contributed by atoms with Crippen molar-refractivity contribution in [1.29, 1.82) is 0 Å². The first-order chi connectivity index (χ1) is 6.41. The minimum atomic E-state index is -4.58. The Morgan fingerprint density at radius 2 is 2.29 bits per heavy atom. The molecule has 1 unspecified atom stereocenters. The summed E-state index contributed by atoms with van der Waals surface area (Å²) in [4.78, 5) is 15.9. The Kier molecular flexibility index (Phi) is 2.78. The minimum Gasteiger partial charge on any atom is -0.481 e. The fourth-order valence-corrected chi connectivity index (χ4v) is 1.03. The molecule has 0 aliphatic rings. The molecule has 0 bridgehead atoms. The molecule has 78 valence electrons. The molecule has 1 rings (SSSR count). The molecule has 0 saturated heterocycles. The van der Waals surface area contributed by atoms with Crippen LogP contribution in [0, 0.1) is 0 Å². The van der Waals surface area contributed by atoms with E-state index in [0.717, 1.165) is 12.5 Å². The van der Waals surface area contributed by atoms with Gasteiger partial charge in [-0.05, 0) is 0 Å². The van der Waals surface area contributed by atoms with Crippen molar-refractivity contribution < 1.29 is 23.1 Å². The second kappa shape index (κ2) is 3.69. The zero-order valence-corrected chi connectivity index (χ0v) is 6.88. The maximum Gasteiger partial charge on any atom is 0.397 e. The first kappa shape index (κ1) is 10.6. The van der Waals surface area contributed by atoms with Crippen molar-refractivity contribution in [3.8, 4) is 0 Å². The highest BCUT2D eigenvalue weighted by atomic mass is 19.4. The lowest BCUT2D eigenvalue weighted by atomic mass is 10.0. The predicted molar refractivity (Wildman–Crippen MR) is 39.6 cm³/mol. The molecule has 0 aliphatic carbocycles. The number of alkyl halides is 3. The topological polar surface area (TPSA) is 66.0 Å². The van der Waals surface area contributed by atoms with Gasteiger partial charge in [-0.1, -0.05) is 0 Å². The number of carboxylic acids is 1. The van der Waals surface area contributed by atoms with Crippen LogP contribution in [0.3, 0.4) is 0 Å². The van der Waals surface area contributed by atoms with Crippen LogP contribution in [-0.2, 0) is 4.79 Å². The Labute approximate surface area is 76.8 Å². The highest BCUT2D eigenvalue weighted by molar-refractivity contribution is 5.68. The summed E-state index contributed by atoms with van der Waals surface area (Å²) >= 11 is 0. The van der Waals surface area contributed by atoms with Gasteiger partial charge in [0.25, 0.3) is 0 Å². The number of rotatable bonds is 3. The summed E-state index contributed by atoms with van der Waals surface area (Å²) in [5, 5.41) is 8.31. The van der Waals surface area contributed by atoms with E-state index in [1.54, 1.807) is 0 Å². The number of carbonyl (C=O) groups is 1. The van der Waals surface area contributed by atoms with E-state index in [4.69, 9.17) is 5.11 Å². The van der Waals surface area contributed by atoms with Gasteiger partial charge in [0.15, 0.2) is 0 Å². The molecular weight excluding hydrogens is 201 g/mol. The van der Waals surface area contributed by atoms with Crippen molar-refractivity contribution in [2.75, 3.05) is 0 Å². The van der Waals surface area contributed by atoms with E-state index in [-0.39, 0.29) is 5.69 Å². The van der Waals surface area contributed by atoms with E-state index < -0.39 is 24.5 Å². The van der Waals surface area contributed by atoms with Gasteiger partial charge in [0.2, 0.25) is 0 Å². The van der Waals surface area contributed by atoms with Crippen molar-refractivity contribution in [3.63, 3.8) is 0 Å². The van der Waals surface area contributed by atoms with Crippen LogP contribution >= 0.6 is 0 Å². The number of nitrogens with zero attached hydrogens (tertiary/aromatic N) is 1. The van der Waals surface area contributed by atoms with Gasteiger partial charge in [0.05, 0.1) is 12.7 Å². The Morgan fingerprint density at radius 1 is 1.64 bits per heavy atom. The van der Waals surface area contributed by atoms with Crippen LogP contribution < -0.4 is 0 Å². The fraction of sp³-hybridized carbons (Fsp3) is 0.429. The first-order valence-corrected chi connectivity index (χ1v) is 3.68. The van der Waals surface area contributed by atoms with E-state index in [1.807, 2.05) is 0 Å². The number of nitrogens with one attached hydrogen (secondary N) is 1. The molecule has 2 N–H and O–H groups in total. The van der Waals surface area contributed by atoms with Gasteiger partial charge in [0.1, 0.15) is 5.92 Å². The van der Waals surface area contributed by atoms with Crippen molar-refractivity contribution in [1.82, 2.24) is 9.97 Å². The Morgan fingerprint density at radius 3 is 2.64 bits per heavy atom. The van der Waals surface area contributed by atoms with Gasteiger partial charge in [-0.25, -0.2) is 4.98 Å². The van der Waals surface area contributed by atoms with Gasteiger partial charge in [0, 0.05) is 11.9 Å². The number of imidazole rings is 1. The molecule has 0 aromatic carbocycles. The van der Waals surface area contributed by atoms with Crippen LogP contribution in [0.5, 0.6) is 0 Å². The third-order valence-electron chi connectivity index (χ3n) is 1.67. The average Bonchev–Trinajstić information content (AvgIpc) is 2.49. The largest absolute Gasteiger partial charge is 0.481 e. The number of aliphatic carboxylic acids is 1. The molecule has 1 heterocycles. The maximum atomic E-state index is 12.3. The van der Waals surface area contributed by atoms with Crippen LogP contribution in [0.4, 0.5) is 13.2 Å². The fourth-order valence-electron chi connectivity index (χ4n) is 1.03. The lowest BCUT2D eigenvalue weighted by molar-refractivity contribution is -0.163. The van der Waals surface area contributed by atoms with E-state index in [2.05, 4.69) is 9.97 Å². The molecule has 7 heteroatoms. The molecule has 0 fully saturated rings. The van der Waals surface area contributed by atoms with E-state index >= 15 is 0 Å². The normalized spacial score (nSPS) is 13.9. The molecule has 0 saturated carbocycles. The second-order valence-electron chi connectivity index (χ2n) is 2.70. The highest BCUT2D eigenvalue weighted by Gasteiger charge is 2.42. The molecule has 1 atom stereocenters. The van der Waals surface area contributed by atoms with Crippen LogP contribution in [0.25, 0.3) is 0 Å². The van der Waals surface area contributed by atoms with Gasteiger partial charge in [-0.3, -0.25) is 4.79 Å². The highest BCUT2D eigenvalue weighted by Crippen LogP contribution is 2.36. The summed E-state index contributed by atoms with van der Waals surface area (Å²) in [5.74, 6) is -3.52. The molecule has 14 heavy (non-hydrogen) atoms. The number of halogens is 3. The number of H-pyrrole nitrogens is 1. The van der Waals surface area contributed by atoms with E-state index in [1.165, 1.54) is 0 Å². The zero-order valence-electron chi connectivity index (χ0n) is 6.88. The molecule has 0 amide bonds. The van der Waals surface area contributed by atoms with Gasteiger partial charge in [-0.15, -0.1) is 0 Å². The molecular formula is C7H7F3N2O2. The van der Waals surface area contributed by atoms with E-state index in [0.29, 0.717) is 0 Å². The smallest absolute Gasteiger partial charge is 0.397 e. The van der Waals surface area contributed by atoms with Crippen molar-refractivity contribution in [2.24, 2.45) is 0 Å². The summed E-state index contributed by atoms with van der Waals surface area (Å²) < 4.78 is 37.0. The van der Waals surface area contributed by atoms with Crippen LogP contribution in [0.2, 0.25) is 0 Å². The Balaban J connectivity index is 2.89. The summed E-state index contributed by atoms with van der Waals surface area (Å²) in [6.07, 6.45) is -3.52. The summed E-state index contributed by atoms with van der Waals surface area (Å²) in [7, 11) is 0. The first-order valence-electron chi connectivity index (χ1n) is 3.68. The van der Waals surface area contributed by atoms with Gasteiger partial charge >= 0.3 is 12.1 Å². The number of hydrogen-bond donors (Lipinski definition) is 2. The van der Waals surface area contributed by atoms with Crippen molar-refractivity contribution in [2.45, 2.75) is 18.5 Å². The Hall–Kier alpha value is -1.53. The molecule has 1 aromatic rings. The standard InChI is InChI=1S/C7H7F3N2O2/c8-7(9,10)4(1-6(13)14)5-2-11-3-12-5/h2-4H,1H2,(H,11,12)(H,13,14). The third kappa shape index (κ3) is 2.48. The summed E-state index contributed by atoms with van der Waals surface area (Å²) in [5.41, 5.74) is -0.236. The molecule has 4 nitrogen and oxygen atoms in total. The van der Waals surface area contributed by atoms with Crippen LogP contribution in [0.15, 0.2) is 12.5 Å². The van der Waals surface area contributed by atoms with Crippen molar-refractivity contribution >= 4 is 5.97 Å². The van der Waals surface area contributed by atoms with Crippen LogP contribution in [-0.4, -0.2) is 27.2 Å². The average molecular weight is 208 g/mol. The summed E-state index contributed by atoms with van der Waals surface area (Å²) in [6, 6.07) is 0. The third-order valence-corrected chi connectivity index (χ3v) is 1.67. The Bertz CT molecular complexity index is 307. The van der Waals surface area contributed by atoms with Crippen molar-refractivity contribution in [3.05, 3.63) is 18.2 Å². The van der Waals surface area contributed by atoms with Gasteiger partial charge in [-0.2, -0.15) is 13.2 Å². The quantitative estimate of drug-likeness (QED) is 0.791. The molecule has 1 aromatic heterocycles. The lowest BCUT2D eigenvalue weighted by Gasteiger charge is -2.16. The molecule has 0 spiro atoms. The SMILES string of the molecule is O=C(O)CC(c1cnc[nH]1)C(F)(F)F. The monoisotopic (exact) mass is 208 g/mol. The minimum absolute atomic E-state index is 0.236. The predicted octanol–water partition coefficient (Wildman–Crippen LogP) is 1.53. The number of hydrogen-bond acceptors (Lipinski definition) is 2. The maximum absolute atomic E-state index is 12.3. The lowest BCUT2D eigenvalue weighted by Crippen LogP contribution is -2.23.